The number of benzene rings is 1. The van der Waals surface area contributed by atoms with E-state index in [0.717, 1.165) is 0 Å². The molecule has 1 rings (SSSR count). The molecule has 3 nitrogen and oxygen atoms in total. The van der Waals surface area contributed by atoms with Gasteiger partial charge in [-0.2, -0.15) is 0 Å². The van der Waals surface area contributed by atoms with Crippen LogP contribution in [0.2, 0.25) is 0 Å². The molecule has 0 unspecified atom stereocenters. The zero-order valence-electron chi connectivity index (χ0n) is 7.68. The lowest BCUT2D eigenvalue weighted by Gasteiger charge is -2.21. The van der Waals surface area contributed by atoms with E-state index in [1.54, 1.807) is 30.3 Å². The van der Waals surface area contributed by atoms with Crippen molar-refractivity contribution in [3.05, 3.63) is 48.6 Å². The van der Waals surface area contributed by atoms with Crippen LogP contribution in [0.25, 0.3) is 0 Å². The van der Waals surface area contributed by atoms with Crippen LogP contribution in [0, 0.1) is 0 Å². The summed E-state index contributed by atoms with van der Waals surface area (Å²) < 4.78 is 0. The zero-order chi connectivity index (χ0) is 10.6. The van der Waals surface area contributed by atoms with E-state index in [1.807, 2.05) is 0 Å². The van der Waals surface area contributed by atoms with Gasteiger partial charge in [0, 0.05) is 6.42 Å². The highest BCUT2D eigenvalue weighted by Gasteiger charge is 2.36. The van der Waals surface area contributed by atoms with Gasteiger partial charge in [0.25, 0.3) is 0 Å². The molecular formula is C11H12O3. The van der Waals surface area contributed by atoms with Crippen LogP contribution in [0.1, 0.15) is 12.0 Å². The van der Waals surface area contributed by atoms with Crippen LogP contribution < -0.4 is 0 Å². The van der Waals surface area contributed by atoms with Crippen molar-refractivity contribution in [3.8, 4) is 0 Å². The van der Waals surface area contributed by atoms with E-state index in [9.17, 15) is 9.90 Å². The average Bonchev–Trinajstić information content (AvgIpc) is 2.19. The Labute approximate surface area is 82.3 Å². The summed E-state index contributed by atoms with van der Waals surface area (Å²) in [5, 5.41) is 18.8. The van der Waals surface area contributed by atoms with Gasteiger partial charge in [0.15, 0.2) is 5.60 Å². The van der Waals surface area contributed by atoms with Crippen molar-refractivity contribution in [2.75, 3.05) is 0 Å². The molecule has 0 radical (unpaired) electrons. The summed E-state index contributed by atoms with van der Waals surface area (Å²) in [6, 6.07) is 8.30. The number of rotatable bonds is 4. The molecule has 0 amide bonds. The fourth-order valence-electron chi connectivity index (χ4n) is 1.25. The van der Waals surface area contributed by atoms with Crippen molar-refractivity contribution in [3.63, 3.8) is 0 Å². The van der Waals surface area contributed by atoms with Crippen molar-refractivity contribution in [2.45, 2.75) is 12.0 Å². The Morgan fingerprint density at radius 2 is 2.00 bits per heavy atom. The molecule has 0 saturated heterocycles. The van der Waals surface area contributed by atoms with Crippen molar-refractivity contribution in [1.82, 2.24) is 0 Å². The van der Waals surface area contributed by atoms with Gasteiger partial charge < -0.3 is 10.2 Å². The Kier molecular flexibility index (Phi) is 3.04. The molecule has 3 heteroatoms. The first kappa shape index (κ1) is 10.5. The summed E-state index contributed by atoms with van der Waals surface area (Å²) in [5.74, 6) is -1.26. The monoisotopic (exact) mass is 192 g/mol. The van der Waals surface area contributed by atoms with Crippen LogP contribution in [0.15, 0.2) is 43.0 Å². The van der Waals surface area contributed by atoms with Crippen LogP contribution >= 0.6 is 0 Å². The Hall–Kier alpha value is -1.61. The molecule has 0 aliphatic carbocycles. The standard InChI is InChI=1S/C11H12O3/c1-2-8-11(14,10(12)13)9-6-4-3-5-7-9/h2-7,14H,1,8H2,(H,12,13)/t11-/m0/s1. The Bertz CT molecular complexity index is 332. The second-order valence-corrected chi connectivity index (χ2v) is 3.02. The molecule has 2 N–H and O–H groups in total. The Morgan fingerprint density at radius 1 is 1.43 bits per heavy atom. The lowest BCUT2D eigenvalue weighted by molar-refractivity contribution is -0.159. The molecule has 74 valence electrons. The topological polar surface area (TPSA) is 57.5 Å². The van der Waals surface area contributed by atoms with Crippen molar-refractivity contribution in [1.29, 1.82) is 0 Å². The van der Waals surface area contributed by atoms with Crippen molar-refractivity contribution in [2.24, 2.45) is 0 Å². The largest absolute Gasteiger partial charge is 0.479 e. The molecule has 0 aliphatic rings. The fraction of sp³-hybridized carbons (Fsp3) is 0.182. The lowest BCUT2D eigenvalue weighted by atomic mass is 9.91. The smallest absolute Gasteiger partial charge is 0.340 e. The summed E-state index contributed by atoms with van der Waals surface area (Å²) in [4.78, 5) is 10.9. The van der Waals surface area contributed by atoms with Gasteiger partial charge in [0.2, 0.25) is 0 Å². The average molecular weight is 192 g/mol. The molecule has 0 fully saturated rings. The summed E-state index contributed by atoms with van der Waals surface area (Å²) >= 11 is 0. The first-order valence-electron chi connectivity index (χ1n) is 4.23. The third-order valence-corrected chi connectivity index (χ3v) is 2.04. The lowest BCUT2D eigenvalue weighted by Crippen LogP contribution is -2.34. The number of aliphatic hydroxyl groups is 1. The molecule has 0 aromatic heterocycles. The Morgan fingerprint density at radius 3 is 2.43 bits per heavy atom. The zero-order valence-corrected chi connectivity index (χ0v) is 7.68. The molecule has 0 saturated carbocycles. The van der Waals surface area contributed by atoms with Gasteiger partial charge in [-0.1, -0.05) is 36.4 Å². The molecule has 0 spiro atoms. The van der Waals surface area contributed by atoms with Gasteiger partial charge in [0.1, 0.15) is 0 Å². The van der Waals surface area contributed by atoms with Crippen molar-refractivity contribution < 1.29 is 15.0 Å². The number of hydrogen-bond donors (Lipinski definition) is 2. The highest BCUT2D eigenvalue weighted by molar-refractivity contribution is 5.79. The van der Waals surface area contributed by atoms with Crippen LogP contribution in [0.5, 0.6) is 0 Å². The quantitative estimate of drug-likeness (QED) is 0.711. The molecule has 1 atom stereocenters. The number of carboxylic acids is 1. The highest BCUT2D eigenvalue weighted by Crippen LogP contribution is 2.25. The SMILES string of the molecule is C=CC[C@@](O)(C(=O)O)c1ccccc1. The van der Waals surface area contributed by atoms with E-state index in [4.69, 9.17) is 5.11 Å². The molecule has 1 aromatic rings. The second kappa shape index (κ2) is 4.07. The van der Waals surface area contributed by atoms with Crippen molar-refractivity contribution >= 4 is 5.97 Å². The predicted molar refractivity (Wildman–Crippen MR) is 52.8 cm³/mol. The van der Waals surface area contributed by atoms with Crippen LogP contribution in [-0.2, 0) is 10.4 Å². The molecule has 14 heavy (non-hydrogen) atoms. The predicted octanol–water partition coefficient (Wildman–Crippen LogP) is 1.53. The minimum atomic E-state index is -1.86. The van der Waals surface area contributed by atoms with E-state index >= 15 is 0 Å². The molecule has 1 aromatic carbocycles. The van der Waals surface area contributed by atoms with Crippen LogP contribution in [0.4, 0.5) is 0 Å². The van der Waals surface area contributed by atoms with Gasteiger partial charge in [-0.3, -0.25) is 0 Å². The first-order valence-corrected chi connectivity index (χ1v) is 4.23. The molecule has 0 bridgehead atoms. The highest BCUT2D eigenvalue weighted by atomic mass is 16.4. The van der Waals surface area contributed by atoms with E-state index in [2.05, 4.69) is 6.58 Å². The number of carbonyl (C=O) groups is 1. The Balaban J connectivity index is 3.12. The van der Waals surface area contributed by atoms with E-state index < -0.39 is 11.6 Å². The first-order chi connectivity index (χ1) is 6.61. The normalized spacial score (nSPS) is 14.4. The van der Waals surface area contributed by atoms with Gasteiger partial charge >= 0.3 is 5.97 Å². The minimum absolute atomic E-state index is 0.00759. The van der Waals surface area contributed by atoms with Gasteiger partial charge in [-0.05, 0) is 5.56 Å². The molecule has 0 heterocycles. The summed E-state index contributed by atoms with van der Waals surface area (Å²) in [7, 11) is 0. The summed E-state index contributed by atoms with van der Waals surface area (Å²) in [5.41, 5.74) is -1.49. The second-order valence-electron chi connectivity index (χ2n) is 3.02. The maximum absolute atomic E-state index is 10.9. The van der Waals surface area contributed by atoms with E-state index in [-0.39, 0.29) is 6.42 Å². The number of carboxylic acid groups (broad SMARTS) is 1. The van der Waals surface area contributed by atoms with Gasteiger partial charge in [0.05, 0.1) is 0 Å². The van der Waals surface area contributed by atoms with E-state index in [1.165, 1.54) is 6.08 Å². The maximum atomic E-state index is 10.9. The number of aliphatic carboxylic acids is 1. The molecular weight excluding hydrogens is 180 g/mol. The van der Waals surface area contributed by atoms with Gasteiger partial charge in [-0.25, -0.2) is 4.79 Å². The van der Waals surface area contributed by atoms with Gasteiger partial charge in [-0.15, -0.1) is 6.58 Å². The summed E-state index contributed by atoms with van der Waals surface area (Å²) in [6.45, 7) is 3.43. The third kappa shape index (κ3) is 1.83. The third-order valence-electron chi connectivity index (χ3n) is 2.04. The van der Waals surface area contributed by atoms with E-state index in [0.29, 0.717) is 5.56 Å². The van der Waals surface area contributed by atoms with Crippen LogP contribution in [-0.4, -0.2) is 16.2 Å². The maximum Gasteiger partial charge on any atom is 0.340 e. The molecule has 0 aliphatic heterocycles. The fourth-order valence-corrected chi connectivity index (χ4v) is 1.25. The summed E-state index contributed by atoms with van der Waals surface area (Å²) in [6.07, 6.45) is 1.38. The minimum Gasteiger partial charge on any atom is -0.479 e. The number of hydrogen-bond acceptors (Lipinski definition) is 2. The van der Waals surface area contributed by atoms with Crippen LogP contribution in [0.3, 0.4) is 0 Å².